The van der Waals surface area contributed by atoms with Crippen molar-refractivity contribution in [2.24, 2.45) is 5.41 Å². The standard InChI is InChI=1S/C16H22BrClN2O2.C4H10O/c1-4-22-13(21)9-11-14(12(17)10-19-15(11)18)20-7-5-16(2,3)6-8-20;1-4(2,3)5/h10H,4-9H2,1-3H3;5H,1-3H3. The number of hydrogen-bond acceptors (Lipinski definition) is 5. The first-order chi connectivity index (χ1) is 12.3. The first-order valence-corrected chi connectivity index (χ1v) is 10.5. The molecule has 0 spiro atoms. The molecule has 0 atom stereocenters. The summed E-state index contributed by atoms with van der Waals surface area (Å²) >= 11 is 9.81. The van der Waals surface area contributed by atoms with Gasteiger partial charge in [0, 0.05) is 24.8 Å². The average molecular weight is 464 g/mol. The summed E-state index contributed by atoms with van der Waals surface area (Å²) in [5, 5.41) is 8.89. The van der Waals surface area contributed by atoms with E-state index in [-0.39, 0.29) is 12.4 Å². The van der Waals surface area contributed by atoms with Gasteiger partial charge < -0.3 is 14.7 Å². The number of esters is 1. The SMILES string of the molecule is CC(C)(C)O.CCOC(=O)Cc1c(Cl)ncc(Br)c1N1CCC(C)(C)CC1. The Labute approximate surface area is 176 Å². The summed E-state index contributed by atoms with van der Waals surface area (Å²) in [5.41, 5.74) is 1.58. The minimum atomic E-state index is -0.500. The van der Waals surface area contributed by atoms with Crippen molar-refractivity contribution in [2.75, 3.05) is 24.6 Å². The smallest absolute Gasteiger partial charge is 0.310 e. The first-order valence-electron chi connectivity index (χ1n) is 9.30. The van der Waals surface area contributed by atoms with E-state index in [1.165, 1.54) is 0 Å². The van der Waals surface area contributed by atoms with Crippen LogP contribution in [0.1, 0.15) is 59.9 Å². The van der Waals surface area contributed by atoms with Crippen molar-refractivity contribution >= 4 is 39.2 Å². The third-order valence-electron chi connectivity index (χ3n) is 4.11. The number of aromatic nitrogens is 1. The van der Waals surface area contributed by atoms with Crippen molar-refractivity contribution < 1.29 is 14.6 Å². The molecule has 0 aromatic carbocycles. The summed E-state index contributed by atoms with van der Waals surface area (Å²) < 4.78 is 5.93. The highest BCUT2D eigenvalue weighted by atomic mass is 79.9. The van der Waals surface area contributed by atoms with Crippen LogP contribution in [0.4, 0.5) is 5.69 Å². The van der Waals surface area contributed by atoms with Gasteiger partial charge in [0.2, 0.25) is 0 Å². The fourth-order valence-electron chi connectivity index (χ4n) is 2.68. The van der Waals surface area contributed by atoms with E-state index < -0.39 is 5.60 Å². The normalized spacial score (nSPS) is 16.4. The Bertz CT molecular complexity index is 629. The molecule has 1 aromatic rings. The number of pyridine rings is 1. The highest BCUT2D eigenvalue weighted by Gasteiger charge is 2.29. The maximum atomic E-state index is 11.9. The molecule has 27 heavy (non-hydrogen) atoms. The molecule has 0 bridgehead atoms. The van der Waals surface area contributed by atoms with Crippen LogP contribution in [0.5, 0.6) is 0 Å². The molecule has 0 saturated carbocycles. The Kier molecular flexibility index (Phi) is 9.03. The molecule has 1 aliphatic heterocycles. The van der Waals surface area contributed by atoms with E-state index in [0.29, 0.717) is 17.2 Å². The van der Waals surface area contributed by atoms with Gasteiger partial charge in [-0.25, -0.2) is 4.98 Å². The van der Waals surface area contributed by atoms with Crippen molar-refractivity contribution in [3.8, 4) is 0 Å². The molecule has 5 nitrogen and oxygen atoms in total. The van der Waals surface area contributed by atoms with Crippen molar-refractivity contribution in [3.05, 3.63) is 21.4 Å². The van der Waals surface area contributed by atoms with Gasteiger partial charge in [-0.15, -0.1) is 0 Å². The van der Waals surface area contributed by atoms with Crippen LogP contribution in [0.2, 0.25) is 5.15 Å². The highest BCUT2D eigenvalue weighted by molar-refractivity contribution is 9.10. The second-order valence-corrected chi connectivity index (χ2v) is 9.74. The third kappa shape index (κ3) is 8.79. The molecular weight excluding hydrogens is 432 g/mol. The lowest BCUT2D eigenvalue weighted by molar-refractivity contribution is -0.142. The van der Waals surface area contributed by atoms with Crippen LogP contribution in [0, 0.1) is 5.41 Å². The number of halogens is 2. The van der Waals surface area contributed by atoms with Gasteiger partial charge in [-0.1, -0.05) is 25.4 Å². The molecule has 0 amide bonds. The summed E-state index contributed by atoms with van der Waals surface area (Å²) in [6.45, 7) is 13.9. The molecule has 1 N–H and O–H groups in total. The van der Waals surface area contributed by atoms with Gasteiger partial charge >= 0.3 is 5.97 Å². The third-order valence-corrected chi connectivity index (χ3v) is 5.02. The van der Waals surface area contributed by atoms with E-state index in [1.54, 1.807) is 33.9 Å². The zero-order valence-electron chi connectivity index (χ0n) is 17.2. The van der Waals surface area contributed by atoms with Crippen molar-refractivity contribution in [2.45, 2.75) is 66.4 Å². The van der Waals surface area contributed by atoms with Gasteiger partial charge in [-0.3, -0.25) is 4.79 Å². The van der Waals surface area contributed by atoms with E-state index in [1.807, 2.05) is 0 Å². The van der Waals surface area contributed by atoms with E-state index in [9.17, 15) is 4.79 Å². The summed E-state index contributed by atoms with van der Waals surface area (Å²) in [6, 6.07) is 0. The Morgan fingerprint density at radius 3 is 2.37 bits per heavy atom. The minimum Gasteiger partial charge on any atom is -0.466 e. The molecule has 0 unspecified atom stereocenters. The Balaban J connectivity index is 0.000000646. The number of nitrogens with zero attached hydrogens (tertiary/aromatic N) is 2. The number of hydrogen-bond donors (Lipinski definition) is 1. The van der Waals surface area contributed by atoms with Gasteiger partial charge in [0.1, 0.15) is 5.15 Å². The summed E-state index contributed by atoms with van der Waals surface area (Å²) in [6.07, 6.45) is 4.07. The van der Waals surface area contributed by atoms with Gasteiger partial charge in [-0.05, 0) is 61.9 Å². The van der Waals surface area contributed by atoms with Crippen LogP contribution in [-0.2, 0) is 16.0 Å². The fraction of sp³-hybridized carbons (Fsp3) is 0.700. The summed E-state index contributed by atoms with van der Waals surface area (Å²) in [4.78, 5) is 18.3. The number of carbonyl (C=O) groups is 1. The molecule has 1 aromatic heterocycles. The lowest BCUT2D eigenvalue weighted by Crippen LogP contribution is -2.38. The molecular formula is C20H32BrClN2O3. The minimum absolute atomic E-state index is 0.147. The molecule has 2 heterocycles. The lowest BCUT2D eigenvalue weighted by Gasteiger charge is -2.39. The second-order valence-electron chi connectivity index (χ2n) is 8.53. The van der Waals surface area contributed by atoms with Crippen LogP contribution < -0.4 is 4.90 Å². The van der Waals surface area contributed by atoms with Crippen LogP contribution >= 0.6 is 27.5 Å². The molecule has 1 aliphatic rings. The molecule has 2 rings (SSSR count). The quantitative estimate of drug-likeness (QED) is 0.502. The molecule has 0 aliphatic carbocycles. The predicted molar refractivity (Wildman–Crippen MR) is 114 cm³/mol. The Morgan fingerprint density at radius 2 is 1.89 bits per heavy atom. The number of ether oxygens (including phenoxy) is 1. The number of aliphatic hydroxyl groups is 1. The van der Waals surface area contributed by atoms with Gasteiger partial charge in [-0.2, -0.15) is 0 Å². The summed E-state index contributed by atoms with van der Waals surface area (Å²) in [5.74, 6) is -0.275. The maximum absolute atomic E-state index is 11.9. The number of anilines is 1. The molecule has 0 radical (unpaired) electrons. The van der Waals surface area contributed by atoms with E-state index >= 15 is 0 Å². The van der Waals surface area contributed by atoms with Gasteiger partial charge in [0.05, 0.1) is 28.8 Å². The molecule has 7 heteroatoms. The lowest BCUT2D eigenvalue weighted by atomic mass is 9.82. The Morgan fingerprint density at radius 1 is 1.37 bits per heavy atom. The van der Waals surface area contributed by atoms with E-state index in [0.717, 1.165) is 41.7 Å². The molecule has 154 valence electrons. The van der Waals surface area contributed by atoms with Crippen molar-refractivity contribution in [3.63, 3.8) is 0 Å². The zero-order chi connectivity index (χ0) is 20.8. The van der Waals surface area contributed by atoms with E-state index in [4.69, 9.17) is 21.4 Å². The van der Waals surface area contributed by atoms with Crippen LogP contribution in [0.25, 0.3) is 0 Å². The van der Waals surface area contributed by atoms with Crippen molar-refractivity contribution in [1.82, 2.24) is 4.98 Å². The largest absolute Gasteiger partial charge is 0.466 e. The zero-order valence-corrected chi connectivity index (χ0v) is 19.6. The summed E-state index contributed by atoms with van der Waals surface area (Å²) in [7, 11) is 0. The number of rotatable bonds is 4. The average Bonchev–Trinajstić information content (AvgIpc) is 2.51. The Hall–Kier alpha value is -0.850. The predicted octanol–water partition coefficient (Wildman–Crippen LogP) is 5.01. The van der Waals surface area contributed by atoms with Crippen LogP contribution in [0.15, 0.2) is 10.7 Å². The molecule has 1 saturated heterocycles. The highest BCUT2D eigenvalue weighted by Crippen LogP contribution is 2.38. The number of carbonyl (C=O) groups excluding carboxylic acids is 1. The van der Waals surface area contributed by atoms with Crippen LogP contribution in [0.3, 0.4) is 0 Å². The fourth-order valence-corrected chi connectivity index (χ4v) is 3.48. The van der Waals surface area contributed by atoms with E-state index in [2.05, 4.69) is 39.7 Å². The second kappa shape index (κ2) is 10.1. The first kappa shape index (κ1) is 24.2. The number of piperidine rings is 1. The van der Waals surface area contributed by atoms with Gasteiger partial charge in [0.25, 0.3) is 0 Å². The van der Waals surface area contributed by atoms with Gasteiger partial charge in [0.15, 0.2) is 0 Å². The molecule has 1 fully saturated rings. The monoisotopic (exact) mass is 462 g/mol. The van der Waals surface area contributed by atoms with Crippen LogP contribution in [-0.4, -0.2) is 41.4 Å². The van der Waals surface area contributed by atoms with Crippen molar-refractivity contribution in [1.29, 1.82) is 0 Å². The topological polar surface area (TPSA) is 62.7 Å². The maximum Gasteiger partial charge on any atom is 0.310 e.